The molecular weight excluding hydrogens is 394 g/mol. The highest BCUT2D eigenvalue weighted by atomic mass is 16.2. The van der Waals surface area contributed by atoms with Crippen LogP contribution in [0.25, 0.3) is 0 Å². The molecule has 0 unspecified atom stereocenters. The Morgan fingerprint density at radius 3 is 2.03 bits per heavy atom. The van der Waals surface area contributed by atoms with Crippen LogP contribution in [0.4, 0.5) is 11.4 Å². The predicted octanol–water partition coefficient (Wildman–Crippen LogP) is 3.37. The van der Waals surface area contributed by atoms with Gasteiger partial charge in [-0.15, -0.1) is 0 Å². The third kappa shape index (κ3) is 4.99. The molecule has 2 aromatic carbocycles. The summed E-state index contributed by atoms with van der Waals surface area (Å²) in [5, 5.41) is 2.55. The number of nitrogens with one attached hydrogen (secondary N) is 1. The number of rotatable bonds is 4. The van der Waals surface area contributed by atoms with Crippen molar-refractivity contribution in [3.63, 3.8) is 0 Å². The molecule has 1 aliphatic heterocycles. The first-order valence-electron chi connectivity index (χ1n) is 10.2. The van der Waals surface area contributed by atoms with E-state index < -0.39 is 23.4 Å². The Bertz CT molecular complexity index is 1070. The minimum absolute atomic E-state index is 0.310. The molecule has 7 nitrogen and oxygen atoms in total. The molecule has 0 bridgehead atoms. The van der Waals surface area contributed by atoms with E-state index in [1.807, 2.05) is 53.7 Å². The zero-order chi connectivity index (χ0) is 23.5. The number of hydrogen-bond acceptors (Lipinski definition) is 5. The number of aryl methyl sites for hydroxylation is 4. The third-order valence-corrected chi connectivity index (χ3v) is 5.19. The Balaban J connectivity index is 0.000000231. The molecular formula is C24H29N3O4. The van der Waals surface area contributed by atoms with Crippen molar-refractivity contribution in [1.29, 1.82) is 0 Å². The van der Waals surface area contributed by atoms with Gasteiger partial charge in [-0.3, -0.25) is 19.2 Å². The molecule has 1 aliphatic rings. The number of ketones is 2. The van der Waals surface area contributed by atoms with Gasteiger partial charge in [0.2, 0.25) is 0 Å². The van der Waals surface area contributed by atoms with Gasteiger partial charge in [-0.1, -0.05) is 12.1 Å². The Labute approximate surface area is 182 Å². The molecule has 1 heterocycles. The third-order valence-electron chi connectivity index (χ3n) is 5.19. The maximum absolute atomic E-state index is 12.2. The maximum atomic E-state index is 12.2. The van der Waals surface area contributed by atoms with Gasteiger partial charge in [-0.25, -0.2) is 0 Å². The second kappa shape index (κ2) is 9.55. The second-order valence-electron chi connectivity index (χ2n) is 7.64. The van der Waals surface area contributed by atoms with Crippen molar-refractivity contribution < 1.29 is 19.2 Å². The largest absolute Gasteiger partial charge is 0.398 e. The van der Waals surface area contributed by atoms with Crippen molar-refractivity contribution in [2.75, 3.05) is 24.1 Å². The number of fused-ring (bicyclic) bond motifs is 1. The van der Waals surface area contributed by atoms with E-state index in [4.69, 9.17) is 5.73 Å². The minimum atomic E-state index is -0.525. The van der Waals surface area contributed by atoms with E-state index in [1.54, 1.807) is 12.1 Å². The molecule has 3 N–H and O–H groups in total. The van der Waals surface area contributed by atoms with Gasteiger partial charge >= 0.3 is 0 Å². The van der Waals surface area contributed by atoms with Crippen LogP contribution in [0.3, 0.4) is 0 Å². The summed E-state index contributed by atoms with van der Waals surface area (Å²) in [6.07, 6.45) is 0. The number of amides is 2. The topological polar surface area (TPSA) is 110 Å². The second-order valence-corrected chi connectivity index (χ2v) is 7.64. The number of benzene rings is 2. The summed E-state index contributed by atoms with van der Waals surface area (Å²) < 4.78 is 0. The zero-order valence-electron chi connectivity index (χ0n) is 18.9. The van der Waals surface area contributed by atoms with Gasteiger partial charge in [-0.05, 0) is 75.9 Å². The maximum Gasteiger partial charge on any atom is 0.296 e. The molecule has 164 valence electrons. The van der Waals surface area contributed by atoms with E-state index in [2.05, 4.69) is 5.32 Å². The standard InChI is InChI=1S/C14H20N2O2.C10H9NO2/c1-5-16(6-2)14(18)13(17)11-8-9(3)7-10(4)12(11)15;1-5-3-6(2)8-7(4-5)9(12)10(13)11-8/h7-8H,5-6,15H2,1-4H3;3-4H,1-2H3,(H,11,12,13). The first-order chi connectivity index (χ1) is 14.5. The molecule has 0 atom stereocenters. The van der Waals surface area contributed by atoms with E-state index in [-0.39, 0.29) is 0 Å². The van der Waals surface area contributed by atoms with Crippen LogP contribution in [0, 0.1) is 27.7 Å². The lowest BCUT2D eigenvalue weighted by Crippen LogP contribution is -2.36. The number of hydrogen-bond donors (Lipinski definition) is 2. The van der Waals surface area contributed by atoms with Gasteiger partial charge < -0.3 is 16.0 Å². The van der Waals surface area contributed by atoms with Crippen molar-refractivity contribution in [1.82, 2.24) is 4.90 Å². The molecule has 0 aromatic heterocycles. The summed E-state index contributed by atoms with van der Waals surface area (Å²) in [5.74, 6) is -1.97. The van der Waals surface area contributed by atoms with Crippen LogP contribution >= 0.6 is 0 Å². The fourth-order valence-corrected chi connectivity index (χ4v) is 3.54. The number of anilines is 2. The summed E-state index contributed by atoms with van der Waals surface area (Å²) >= 11 is 0. The fraction of sp³-hybridized carbons (Fsp3) is 0.333. The molecule has 3 rings (SSSR count). The van der Waals surface area contributed by atoms with Crippen molar-refractivity contribution in [2.24, 2.45) is 0 Å². The van der Waals surface area contributed by atoms with Crippen molar-refractivity contribution >= 4 is 34.8 Å². The van der Waals surface area contributed by atoms with Crippen LogP contribution in [-0.2, 0) is 9.59 Å². The average Bonchev–Trinajstić information content (AvgIpc) is 3.00. The highest BCUT2D eigenvalue weighted by Gasteiger charge is 2.29. The van der Waals surface area contributed by atoms with Crippen LogP contribution in [-0.4, -0.2) is 41.4 Å². The quantitative estimate of drug-likeness (QED) is 0.445. The Kier molecular flexibility index (Phi) is 7.33. The molecule has 0 saturated carbocycles. The van der Waals surface area contributed by atoms with Crippen LogP contribution in [0.15, 0.2) is 24.3 Å². The SMILES string of the molecule is CCN(CC)C(=O)C(=O)c1cc(C)cc(C)c1N.Cc1cc(C)c2c(c1)C(=O)C(=O)N2. The molecule has 0 radical (unpaired) electrons. The monoisotopic (exact) mass is 423 g/mol. The molecule has 0 spiro atoms. The molecule has 2 aromatic rings. The number of nitrogens with two attached hydrogens (primary N) is 1. The number of carbonyl (C=O) groups excluding carboxylic acids is 4. The van der Waals surface area contributed by atoms with E-state index >= 15 is 0 Å². The number of carbonyl (C=O) groups is 4. The molecule has 0 fully saturated rings. The van der Waals surface area contributed by atoms with Gasteiger partial charge in [-0.2, -0.15) is 0 Å². The summed E-state index contributed by atoms with van der Waals surface area (Å²) in [6.45, 7) is 12.2. The normalized spacial score (nSPS) is 11.9. The van der Waals surface area contributed by atoms with Gasteiger partial charge in [0.05, 0.1) is 16.8 Å². The van der Waals surface area contributed by atoms with Crippen LogP contribution in [0.5, 0.6) is 0 Å². The zero-order valence-corrected chi connectivity index (χ0v) is 18.9. The van der Waals surface area contributed by atoms with Gasteiger partial charge in [0.15, 0.2) is 0 Å². The number of nitrogen functional groups attached to an aromatic ring is 1. The lowest BCUT2D eigenvalue weighted by Gasteiger charge is -2.18. The first-order valence-corrected chi connectivity index (χ1v) is 10.2. The van der Waals surface area contributed by atoms with Crippen LogP contribution in [0.2, 0.25) is 0 Å². The van der Waals surface area contributed by atoms with Crippen LogP contribution < -0.4 is 11.1 Å². The van der Waals surface area contributed by atoms with Crippen molar-refractivity contribution in [3.05, 3.63) is 57.6 Å². The Hall–Kier alpha value is -3.48. The number of likely N-dealkylation sites (N-methyl/N-ethyl adjacent to an activating group) is 1. The average molecular weight is 424 g/mol. The van der Waals surface area contributed by atoms with Crippen molar-refractivity contribution in [3.8, 4) is 0 Å². The smallest absolute Gasteiger partial charge is 0.296 e. The van der Waals surface area contributed by atoms with Gasteiger partial charge in [0.25, 0.3) is 23.4 Å². The minimum Gasteiger partial charge on any atom is -0.398 e. The molecule has 31 heavy (non-hydrogen) atoms. The highest BCUT2D eigenvalue weighted by Crippen LogP contribution is 2.27. The van der Waals surface area contributed by atoms with Crippen molar-refractivity contribution in [2.45, 2.75) is 41.5 Å². The summed E-state index contributed by atoms with van der Waals surface area (Å²) in [4.78, 5) is 48.0. The van der Waals surface area contributed by atoms with Gasteiger partial charge in [0, 0.05) is 18.8 Å². The van der Waals surface area contributed by atoms with Crippen LogP contribution in [0.1, 0.15) is 56.8 Å². The first kappa shape index (κ1) is 23.8. The van der Waals surface area contributed by atoms with E-state index in [0.29, 0.717) is 35.6 Å². The molecule has 7 heteroatoms. The van der Waals surface area contributed by atoms with E-state index in [9.17, 15) is 19.2 Å². The number of Topliss-reactive ketones (excluding diaryl/α,β-unsaturated/α-hetero) is 2. The highest BCUT2D eigenvalue weighted by molar-refractivity contribution is 6.51. The van der Waals surface area contributed by atoms with E-state index in [0.717, 1.165) is 22.3 Å². The summed E-state index contributed by atoms with van der Waals surface area (Å²) in [5.41, 5.74) is 11.4. The van der Waals surface area contributed by atoms with E-state index in [1.165, 1.54) is 4.90 Å². The lowest BCUT2D eigenvalue weighted by molar-refractivity contribution is -0.126. The summed E-state index contributed by atoms with van der Waals surface area (Å²) in [6, 6.07) is 7.25. The van der Waals surface area contributed by atoms with Gasteiger partial charge in [0.1, 0.15) is 0 Å². The molecule has 0 aliphatic carbocycles. The fourth-order valence-electron chi connectivity index (χ4n) is 3.54. The molecule has 0 saturated heterocycles. The Morgan fingerprint density at radius 1 is 0.903 bits per heavy atom. The summed E-state index contributed by atoms with van der Waals surface area (Å²) in [7, 11) is 0. The Morgan fingerprint density at radius 2 is 1.45 bits per heavy atom. The lowest BCUT2D eigenvalue weighted by atomic mass is 10.0. The predicted molar refractivity (Wildman–Crippen MR) is 121 cm³/mol. The number of nitrogens with zero attached hydrogens (tertiary/aromatic N) is 1. The molecule has 2 amide bonds.